The van der Waals surface area contributed by atoms with Crippen LogP contribution in [0.25, 0.3) is 10.4 Å². The Balaban J connectivity index is 1.34. The molecule has 158 valence electrons. The van der Waals surface area contributed by atoms with Crippen LogP contribution in [-0.4, -0.2) is 29.9 Å². The van der Waals surface area contributed by atoms with Gasteiger partial charge in [0.2, 0.25) is 0 Å². The summed E-state index contributed by atoms with van der Waals surface area (Å²) in [6, 6.07) is 10.8. The number of nitrogens with one attached hydrogen (secondary N) is 1. The highest BCUT2D eigenvalue weighted by atomic mass is 32.1. The Morgan fingerprint density at radius 3 is 2.63 bits per heavy atom. The van der Waals surface area contributed by atoms with Crippen molar-refractivity contribution in [3.05, 3.63) is 69.2 Å². The molecule has 3 aromatic rings. The third kappa shape index (κ3) is 5.11. The van der Waals surface area contributed by atoms with E-state index in [9.17, 15) is 18.0 Å². The van der Waals surface area contributed by atoms with E-state index in [0.717, 1.165) is 44.6 Å². The molecule has 3 heterocycles. The molecule has 1 amide bonds. The average Bonchev–Trinajstić information content (AvgIpc) is 3.41. The molecular weight excluding hydrogens is 429 g/mol. The van der Waals surface area contributed by atoms with Gasteiger partial charge in [0.05, 0.1) is 10.4 Å². The van der Waals surface area contributed by atoms with Crippen molar-refractivity contribution in [2.24, 2.45) is 0 Å². The molecule has 0 unspecified atom stereocenters. The Labute approximate surface area is 181 Å². The monoisotopic (exact) mass is 450 g/mol. The summed E-state index contributed by atoms with van der Waals surface area (Å²) in [7, 11) is 0. The number of thiophene rings is 2. The largest absolute Gasteiger partial charge is 0.416 e. The van der Waals surface area contributed by atoms with Crippen LogP contribution in [0.15, 0.2) is 53.2 Å². The Morgan fingerprint density at radius 1 is 1.13 bits per heavy atom. The molecule has 4 rings (SSSR count). The topological polar surface area (TPSA) is 32.3 Å². The highest BCUT2D eigenvalue weighted by molar-refractivity contribution is 7.17. The summed E-state index contributed by atoms with van der Waals surface area (Å²) in [6.07, 6.45) is -2.60. The fraction of sp³-hybridized carbons (Fsp3) is 0.318. The van der Waals surface area contributed by atoms with Crippen molar-refractivity contribution in [2.45, 2.75) is 31.6 Å². The minimum absolute atomic E-state index is 0.121. The Kier molecular flexibility index (Phi) is 6.26. The van der Waals surface area contributed by atoms with Crippen LogP contribution in [0.4, 0.5) is 13.2 Å². The number of halogens is 3. The molecule has 1 aliphatic rings. The van der Waals surface area contributed by atoms with E-state index in [0.29, 0.717) is 15.3 Å². The van der Waals surface area contributed by atoms with Crippen molar-refractivity contribution in [3.8, 4) is 10.4 Å². The van der Waals surface area contributed by atoms with E-state index in [-0.39, 0.29) is 11.9 Å². The average molecular weight is 451 g/mol. The number of piperidine rings is 1. The van der Waals surface area contributed by atoms with Gasteiger partial charge in [-0.3, -0.25) is 9.69 Å². The van der Waals surface area contributed by atoms with Crippen LogP contribution in [0.5, 0.6) is 0 Å². The van der Waals surface area contributed by atoms with E-state index in [4.69, 9.17) is 0 Å². The number of carbonyl (C=O) groups excluding carboxylic acids is 1. The number of alkyl halides is 3. The minimum Gasteiger partial charge on any atom is -0.349 e. The van der Waals surface area contributed by atoms with Gasteiger partial charge in [-0.25, -0.2) is 0 Å². The van der Waals surface area contributed by atoms with E-state index in [1.807, 2.05) is 0 Å². The zero-order valence-electron chi connectivity index (χ0n) is 16.1. The lowest BCUT2D eigenvalue weighted by atomic mass is 10.0. The van der Waals surface area contributed by atoms with Crippen molar-refractivity contribution in [2.75, 3.05) is 13.1 Å². The molecule has 2 aromatic heterocycles. The number of carbonyl (C=O) groups is 1. The number of likely N-dealkylation sites (tertiary alicyclic amines) is 1. The van der Waals surface area contributed by atoms with Gasteiger partial charge in [-0.15, -0.1) is 11.3 Å². The summed E-state index contributed by atoms with van der Waals surface area (Å²) < 4.78 is 38.8. The molecule has 0 aliphatic carbocycles. The van der Waals surface area contributed by atoms with Gasteiger partial charge < -0.3 is 5.32 Å². The lowest BCUT2D eigenvalue weighted by Crippen LogP contribution is -2.44. The zero-order chi connectivity index (χ0) is 21.1. The van der Waals surface area contributed by atoms with Crippen molar-refractivity contribution in [1.29, 1.82) is 0 Å². The van der Waals surface area contributed by atoms with Crippen molar-refractivity contribution in [1.82, 2.24) is 10.2 Å². The van der Waals surface area contributed by atoms with Crippen LogP contribution >= 0.6 is 22.7 Å². The first-order chi connectivity index (χ1) is 14.4. The maximum Gasteiger partial charge on any atom is 0.416 e. The van der Waals surface area contributed by atoms with Crippen LogP contribution < -0.4 is 5.32 Å². The van der Waals surface area contributed by atoms with Gasteiger partial charge >= 0.3 is 6.18 Å². The van der Waals surface area contributed by atoms with Crippen LogP contribution in [0.1, 0.15) is 33.6 Å². The lowest BCUT2D eigenvalue weighted by molar-refractivity contribution is -0.137. The number of benzene rings is 1. The third-order valence-electron chi connectivity index (χ3n) is 5.21. The first kappa shape index (κ1) is 21.1. The molecule has 30 heavy (non-hydrogen) atoms. The standard InChI is InChI=1S/C22H21F3N2OS2/c23-22(24,25)17-3-1-2-16(12-17)19-4-5-20(30-19)21(28)26-18-6-9-27(10-7-18)13-15-8-11-29-14-15/h1-5,8,11-12,14,18H,6-7,9-10,13H2,(H,26,28). The van der Waals surface area contributed by atoms with Crippen LogP contribution in [0, 0.1) is 0 Å². The molecule has 1 N–H and O–H groups in total. The molecule has 1 saturated heterocycles. The van der Waals surface area contributed by atoms with Gasteiger partial charge in [-0.2, -0.15) is 24.5 Å². The second-order valence-corrected chi connectivity index (χ2v) is 9.26. The van der Waals surface area contributed by atoms with E-state index < -0.39 is 11.7 Å². The van der Waals surface area contributed by atoms with Crippen molar-refractivity contribution >= 4 is 28.6 Å². The highest BCUT2D eigenvalue weighted by Gasteiger charge is 2.30. The molecule has 1 aliphatic heterocycles. The Morgan fingerprint density at radius 2 is 1.93 bits per heavy atom. The Hall–Kier alpha value is -2.16. The first-order valence-electron chi connectivity index (χ1n) is 9.70. The van der Waals surface area contributed by atoms with Crippen LogP contribution in [0.3, 0.4) is 0 Å². The fourth-order valence-corrected chi connectivity index (χ4v) is 5.16. The molecule has 0 atom stereocenters. The van der Waals surface area contributed by atoms with Crippen molar-refractivity contribution in [3.63, 3.8) is 0 Å². The minimum atomic E-state index is -4.38. The van der Waals surface area contributed by atoms with Crippen LogP contribution in [0.2, 0.25) is 0 Å². The SMILES string of the molecule is O=C(NC1CCN(Cc2ccsc2)CC1)c1ccc(-c2cccc(C(F)(F)F)c2)s1. The number of amides is 1. The summed E-state index contributed by atoms with van der Waals surface area (Å²) in [4.78, 5) is 16.2. The predicted octanol–water partition coefficient (Wildman–Crippen LogP) is 5.89. The van der Waals surface area contributed by atoms with E-state index in [1.165, 1.54) is 23.0 Å². The summed E-state index contributed by atoms with van der Waals surface area (Å²) >= 11 is 2.92. The normalized spacial score (nSPS) is 16.0. The number of nitrogens with zero attached hydrogens (tertiary/aromatic N) is 1. The van der Waals surface area contributed by atoms with E-state index in [1.54, 1.807) is 29.5 Å². The quantitative estimate of drug-likeness (QED) is 0.526. The second kappa shape index (κ2) is 8.91. The predicted molar refractivity (Wildman–Crippen MR) is 115 cm³/mol. The van der Waals surface area contributed by atoms with Gasteiger partial charge in [0, 0.05) is 30.6 Å². The summed E-state index contributed by atoms with van der Waals surface area (Å²) in [6.45, 7) is 2.80. The van der Waals surface area contributed by atoms with Gasteiger partial charge in [0.15, 0.2) is 0 Å². The molecule has 0 spiro atoms. The first-order valence-corrected chi connectivity index (χ1v) is 11.5. The third-order valence-corrected chi connectivity index (χ3v) is 7.08. The van der Waals surface area contributed by atoms with Crippen molar-refractivity contribution < 1.29 is 18.0 Å². The molecular formula is C22H21F3N2OS2. The number of hydrogen-bond donors (Lipinski definition) is 1. The van der Waals surface area contributed by atoms with Gasteiger partial charge in [-0.05, 0) is 65.1 Å². The van der Waals surface area contributed by atoms with E-state index >= 15 is 0 Å². The highest BCUT2D eigenvalue weighted by Crippen LogP contribution is 2.34. The second-order valence-electron chi connectivity index (χ2n) is 7.40. The lowest BCUT2D eigenvalue weighted by Gasteiger charge is -2.32. The molecule has 0 radical (unpaired) electrons. The Bertz CT molecular complexity index is 990. The van der Waals surface area contributed by atoms with Gasteiger partial charge in [-0.1, -0.05) is 12.1 Å². The summed E-state index contributed by atoms with van der Waals surface area (Å²) in [5.41, 5.74) is 1.10. The molecule has 1 aromatic carbocycles. The van der Waals surface area contributed by atoms with E-state index in [2.05, 4.69) is 27.0 Å². The smallest absolute Gasteiger partial charge is 0.349 e. The zero-order valence-corrected chi connectivity index (χ0v) is 17.7. The maximum absolute atomic E-state index is 12.9. The molecule has 0 bridgehead atoms. The van der Waals surface area contributed by atoms with Gasteiger partial charge in [0.1, 0.15) is 0 Å². The molecule has 8 heteroatoms. The van der Waals surface area contributed by atoms with Crippen LogP contribution in [-0.2, 0) is 12.7 Å². The van der Waals surface area contributed by atoms with Gasteiger partial charge in [0.25, 0.3) is 5.91 Å². The fourth-order valence-electron chi connectivity index (χ4n) is 3.60. The summed E-state index contributed by atoms with van der Waals surface area (Å²) in [5, 5.41) is 7.32. The molecule has 3 nitrogen and oxygen atoms in total. The molecule has 0 saturated carbocycles. The maximum atomic E-state index is 12.9. The summed E-state index contributed by atoms with van der Waals surface area (Å²) in [5.74, 6) is -0.158. The number of hydrogen-bond acceptors (Lipinski definition) is 4. The number of rotatable bonds is 5. The molecule has 1 fully saturated rings.